The molecule has 2 aromatic carbocycles. The number of imide groups is 1. The fraction of sp³-hybridized carbons (Fsp3) is 0.182. The number of ether oxygens (including phenoxy) is 2. The van der Waals surface area contributed by atoms with Gasteiger partial charge in [-0.1, -0.05) is 36.4 Å². The second-order valence-electron chi connectivity index (χ2n) is 6.26. The van der Waals surface area contributed by atoms with Crippen molar-refractivity contribution in [1.29, 1.82) is 0 Å². The maximum absolute atomic E-state index is 12.8. The molecule has 0 atom stereocenters. The smallest absolute Gasteiger partial charge is 0.293 e. The van der Waals surface area contributed by atoms with E-state index in [4.69, 9.17) is 21.1 Å². The summed E-state index contributed by atoms with van der Waals surface area (Å²) in [5.41, 5.74) is 1.54. The third kappa shape index (κ3) is 5.28. The van der Waals surface area contributed by atoms with Crippen LogP contribution in [0.1, 0.15) is 18.1 Å². The lowest BCUT2D eigenvalue weighted by Crippen LogP contribution is -2.27. The lowest BCUT2D eigenvalue weighted by Gasteiger charge is -2.14. The van der Waals surface area contributed by atoms with Gasteiger partial charge in [0.25, 0.3) is 11.1 Å². The van der Waals surface area contributed by atoms with Crippen LogP contribution in [0.5, 0.6) is 11.5 Å². The first-order valence-electron chi connectivity index (χ1n) is 9.12. The molecular weight excluding hydrogens is 490 g/mol. The van der Waals surface area contributed by atoms with E-state index in [1.165, 1.54) is 4.90 Å². The normalized spacial score (nSPS) is 15.0. The van der Waals surface area contributed by atoms with Gasteiger partial charge in [0.15, 0.2) is 11.5 Å². The van der Waals surface area contributed by atoms with Crippen molar-refractivity contribution in [3.63, 3.8) is 0 Å². The van der Waals surface area contributed by atoms with Crippen molar-refractivity contribution in [2.45, 2.75) is 13.5 Å². The molecule has 2 aromatic rings. The van der Waals surface area contributed by atoms with E-state index < -0.39 is 0 Å². The molecule has 156 valence electrons. The van der Waals surface area contributed by atoms with Gasteiger partial charge in [-0.15, -0.1) is 0 Å². The van der Waals surface area contributed by atoms with Crippen LogP contribution in [0.15, 0.2) is 58.4 Å². The molecule has 0 N–H and O–H groups in total. The highest BCUT2D eigenvalue weighted by atomic mass is 79.9. The number of carbonyl (C=O) groups is 2. The molecule has 1 fully saturated rings. The fourth-order valence-electron chi connectivity index (χ4n) is 2.78. The third-order valence-corrected chi connectivity index (χ3v) is 5.85. The Morgan fingerprint density at radius 3 is 2.60 bits per heavy atom. The summed E-state index contributed by atoms with van der Waals surface area (Å²) in [6, 6.07) is 10.6. The van der Waals surface area contributed by atoms with E-state index in [1.807, 2.05) is 13.0 Å². The summed E-state index contributed by atoms with van der Waals surface area (Å²) >= 11 is 10.3. The molecule has 0 radical (unpaired) electrons. The molecule has 0 saturated carbocycles. The Morgan fingerprint density at radius 2 is 1.93 bits per heavy atom. The summed E-state index contributed by atoms with van der Waals surface area (Å²) < 4.78 is 12.0. The molecule has 0 spiro atoms. The van der Waals surface area contributed by atoms with Gasteiger partial charge in [-0.25, -0.2) is 0 Å². The highest BCUT2D eigenvalue weighted by Crippen LogP contribution is 2.39. The van der Waals surface area contributed by atoms with Gasteiger partial charge < -0.3 is 9.47 Å². The minimum Gasteiger partial charge on any atom is -0.490 e. The number of rotatable bonds is 8. The lowest BCUT2D eigenvalue weighted by atomic mass is 10.1. The summed E-state index contributed by atoms with van der Waals surface area (Å²) in [5, 5.41) is 0.292. The highest BCUT2D eigenvalue weighted by molar-refractivity contribution is 9.10. The summed E-state index contributed by atoms with van der Waals surface area (Å²) in [4.78, 5) is 26.8. The number of thioether (sulfide) groups is 1. The predicted molar refractivity (Wildman–Crippen MR) is 124 cm³/mol. The molecule has 0 unspecified atom stereocenters. The topological polar surface area (TPSA) is 55.8 Å². The van der Waals surface area contributed by atoms with E-state index in [-0.39, 0.29) is 17.7 Å². The number of carbonyl (C=O) groups excluding carboxylic acids is 2. The SMILES string of the molecule is C=CCOc1c(Br)cc(/C=C2\SC(=O)N(Cc3ccc(Cl)cc3)C2=O)cc1OCC. The number of amides is 2. The Labute approximate surface area is 192 Å². The Morgan fingerprint density at radius 1 is 1.20 bits per heavy atom. The number of hydrogen-bond donors (Lipinski definition) is 0. The van der Waals surface area contributed by atoms with Gasteiger partial charge >= 0.3 is 0 Å². The summed E-state index contributed by atoms with van der Waals surface area (Å²) in [5.74, 6) is 0.770. The van der Waals surface area contributed by atoms with Crippen LogP contribution >= 0.6 is 39.3 Å². The Balaban J connectivity index is 1.85. The molecular formula is C22H19BrClNO4S. The van der Waals surface area contributed by atoms with Gasteiger partial charge in [-0.2, -0.15) is 0 Å². The van der Waals surface area contributed by atoms with Gasteiger partial charge in [0, 0.05) is 5.02 Å². The van der Waals surface area contributed by atoms with Gasteiger partial charge in [0.2, 0.25) is 0 Å². The number of halogens is 2. The van der Waals surface area contributed by atoms with E-state index in [9.17, 15) is 9.59 Å². The molecule has 8 heteroatoms. The van der Waals surface area contributed by atoms with E-state index in [2.05, 4.69) is 22.5 Å². The molecule has 0 aromatic heterocycles. The van der Waals surface area contributed by atoms with Crippen LogP contribution in [0.3, 0.4) is 0 Å². The van der Waals surface area contributed by atoms with Crippen LogP contribution in [0.2, 0.25) is 5.02 Å². The van der Waals surface area contributed by atoms with Crippen molar-refractivity contribution in [2.75, 3.05) is 13.2 Å². The standard InChI is InChI=1S/C22H19BrClNO4S/c1-3-9-29-20-17(23)10-15(11-18(20)28-4-2)12-19-21(26)25(22(27)30-19)13-14-5-7-16(24)8-6-14/h3,5-8,10-12H,1,4,9,13H2,2H3/b19-12-. The summed E-state index contributed by atoms with van der Waals surface area (Å²) in [6.07, 6.45) is 3.32. The molecule has 1 aliphatic heterocycles. The van der Waals surface area contributed by atoms with E-state index in [0.717, 1.165) is 17.3 Å². The highest BCUT2D eigenvalue weighted by Gasteiger charge is 2.35. The minimum atomic E-state index is -0.332. The Hall–Kier alpha value is -2.22. The van der Waals surface area contributed by atoms with Crippen LogP contribution in [-0.2, 0) is 11.3 Å². The molecule has 1 saturated heterocycles. The van der Waals surface area contributed by atoms with Crippen LogP contribution in [0.25, 0.3) is 6.08 Å². The molecule has 3 rings (SSSR count). The number of benzene rings is 2. The first kappa shape index (κ1) is 22.5. The average Bonchev–Trinajstić information content (AvgIpc) is 2.96. The summed E-state index contributed by atoms with van der Waals surface area (Å²) in [7, 11) is 0. The van der Waals surface area contributed by atoms with Crippen LogP contribution in [-0.4, -0.2) is 29.3 Å². The Kier molecular flexibility index (Phi) is 7.64. The van der Waals surface area contributed by atoms with Gasteiger partial charge in [-0.05, 0) is 76.1 Å². The van der Waals surface area contributed by atoms with E-state index in [1.54, 1.807) is 42.5 Å². The lowest BCUT2D eigenvalue weighted by molar-refractivity contribution is -0.123. The molecule has 5 nitrogen and oxygen atoms in total. The van der Waals surface area contributed by atoms with Crippen molar-refractivity contribution in [2.24, 2.45) is 0 Å². The quantitative estimate of drug-likeness (QED) is 0.309. The maximum atomic E-state index is 12.8. The zero-order chi connectivity index (χ0) is 21.7. The maximum Gasteiger partial charge on any atom is 0.293 e. The van der Waals surface area contributed by atoms with Gasteiger partial charge in [0.05, 0.1) is 22.5 Å². The van der Waals surface area contributed by atoms with Crippen LogP contribution < -0.4 is 9.47 Å². The third-order valence-electron chi connectivity index (χ3n) is 4.10. The molecule has 0 aliphatic carbocycles. The van der Waals surface area contributed by atoms with Crippen molar-refractivity contribution in [3.8, 4) is 11.5 Å². The van der Waals surface area contributed by atoms with Crippen molar-refractivity contribution >= 4 is 56.5 Å². The first-order chi connectivity index (χ1) is 14.4. The summed E-state index contributed by atoms with van der Waals surface area (Å²) in [6.45, 7) is 6.51. The molecule has 1 heterocycles. The van der Waals surface area contributed by atoms with Crippen LogP contribution in [0.4, 0.5) is 4.79 Å². The molecule has 0 bridgehead atoms. The number of hydrogen-bond acceptors (Lipinski definition) is 5. The zero-order valence-corrected chi connectivity index (χ0v) is 19.4. The second kappa shape index (κ2) is 10.2. The molecule has 1 aliphatic rings. The van der Waals surface area contributed by atoms with E-state index in [0.29, 0.717) is 44.7 Å². The van der Waals surface area contributed by atoms with Crippen molar-refractivity contribution in [1.82, 2.24) is 4.90 Å². The zero-order valence-electron chi connectivity index (χ0n) is 16.2. The van der Waals surface area contributed by atoms with Crippen molar-refractivity contribution < 1.29 is 19.1 Å². The first-order valence-corrected chi connectivity index (χ1v) is 11.1. The minimum absolute atomic E-state index is 0.196. The predicted octanol–water partition coefficient (Wildman–Crippen LogP) is 6.30. The van der Waals surface area contributed by atoms with Crippen molar-refractivity contribution in [3.05, 3.63) is 74.6 Å². The second-order valence-corrected chi connectivity index (χ2v) is 8.54. The largest absolute Gasteiger partial charge is 0.490 e. The Bertz CT molecular complexity index is 1010. The average molecular weight is 509 g/mol. The fourth-order valence-corrected chi connectivity index (χ4v) is 4.32. The van der Waals surface area contributed by atoms with Gasteiger partial charge in [-0.3, -0.25) is 14.5 Å². The monoisotopic (exact) mass is 507 g/mol. The van der Waals surface area contributed by atoms with E-state index >= 15 is 0 Å². The van der Waals surface area contributed by atoms with Crippen LogP contribution in [0, 0.1) is 0 Å². The molecule has 2 amide bonds. The van der Waals surface area contributed by atoms with Gasteiger partial charge in [0.1, 0.15) is 6.61 Å². The number of nitrogens with zero attached hydrogens (tertiary/aromatic N) is 1. The molecule has 30 heavy (non-hydrogen) atoms.